The van der Waals surface area contributed by atoms with Crippen LogP contribution in [0.4, 0.5) is 0 Å². The molecule has 0 aliphatic rings. The molecule has 2 N–H and O–H groups in total. The van der Waals surface area contributed by atoms with Gasteiger partial charge in [-0.2, -0.15) is 10.2 Å². The maximum absolute atomic E-state index is 12.1. The Morgan fingerprint density at radius 3 is 2.73 bits per heavy atom. The van der Waals surface area contributed by atoms with Crippen molar-refractivity contribution in [2.75, 3.05) is 0 Å². The predicted octanol–water partition coefficient (Wildman–Crippen LogP) is 3.43. The molecule has 3 aromatic rings. The van der Waals surface area contributed by atoms with Gasteiger partial charge in [0.25, 0.3) is 5.91 Å². The molecule has 0 saturated carbocycles. The van der Waals surface area contributed by atoms with Crippen LogP contribution in [0.25, 0.3) is 11.3 Å². The van der Waals surface area contributed by atoms with E-state index >= 15 is 0 Å². The van der Waals surface area contributed by atoms with E-state index in [1.165, 1.54) is 11.8 Å². The van der Waals surface area contributed by atoms with Gasteiger partial charge in [0.1, 0.15) is 5.69 Å². The van der Waals surface area contributed by atoms with Crippen LogP contribution in [0.2, 0.25) is 0 Å². The number of amides is 1. The fourth-order valence-electron chi connectivity index (χ4n) is 2.54. The maximum atomic E-state index is 12.1. The van der Waals surface area contributed by atoms with Crippen molar-refractivity contribution in [3.05, 3.63) is 71.7 Å². The molecule has 0 spiro atoms. The lowest BCUT2D eigenvalue weighted by Gasteiger charge is -2.05. The minimum atomic E-state index is -0.354. The number of aromatic nitrogens is 3. The van der Waals surface area contributed by atoms with Crippen LogP contribution < -0.4 is 5.43 Å². The number of nitrogens with zero attached hydrogens (tertiary/aromatic N) is 3. The van der Waals surface area contributed by atoms with Crippen molar-refractivity contribution in [1.82, 2.24) is 20.6 Å². The van der Waals surface area contributed by atoms with Gasteiger partial charge in [0, 0.05) is 11.8 Å². The van der Waals surface area contributed by atoms with Crippen LogP contribution in [0.3, 0.4) is 0 Å². The van der Waals surface area contributed by atoms with Crippen LogP contribution in [-0.2, 0) is 6.42 Å². The van der Waals surface area contributed by atoms with Gasteiger partial charge in [0.05, 0.1) is 17.6 Å². The molecule has 0 atom stereocenters. The number of H-pyrrole nitrogens is 1. The standard InChI is InChI=1S/C20H21N5O/c1-14(2)11-15-6-8-16(9-7-15)18-12-19(24-23-18)20(26)25-22-13-17-5-3-4-10-21-17/h3-10,12-14H,11H2,1-2H3,(H,23,24)(H,25,26)/b22-13-. The number of hydrogen-bond acceptors (Lipinski definition) is 4. The molecule has 0 aliphatic carbocycles. The summed E-state index contributed by atoms with van der Waals surface area (Å²) in [6, 6.07) is 15.4. The van der Waals surface area contributed by atoms with Crippen LogP contribution in [0.15, 0.2) is 59.8 Å². The molecular formula is C20H21N5O. The highest BCUT2D eigenvalue weighted by atomic mass is 16.2. The lowest BCUT2D eigenvalue weighted by atomic mass is 10.0. The van der Waals surface area contributed by atoms with E-state index in [4.69, 9.17) is 0 Å². The number of rotatable bonds is 6. The number of pyridine rings is 1. The number of carbonyl (C=O) groups is 1. The lowest BCUT2D eigenvalue weighted by Crippen LogP contribution is -2.18. The minimum absolute atomic E-state index is 0.351. The molecule has 0 fully saturated rings. The van der Waals surface area contributed by atoms with Crippen molar-refractivity contribution >= 4 is 12.1 Å². The van der Waals surface area contributed by atoms with Crippen LogP contribution in [0.5, 0.6) is 0 Å². The molecule has 0 radical (unpaired) electrons. The van der Waals surface area contributed by atoms with Crippen LogP contribution in [0.1, 0.15) is 35.6 Å². The molecule has 132 valence electrons. The first-order valence-corrected chi connectivity index (χ1v) is 8.51. The van der Waals surface area contributed by atoms with E-state index in [-0.39, 0.29) is 5.91 Å². The topological polar surface area (TPSA) is 83.0 Å². The Kier molecular flexibility index (Phi) is 5.53. The first kappa shape index (κ1) is 17.5. The highest BCUT2D eigenvalue weighted by Gasteiger charge is 2.10. The Morgan fingerprint density at radius 1 is 1.23 bits per heavy atom. The van der Waals surface area contributed by atoms with Crippen LogP contribution in [-0.4, -0.2) is 27.3 Å². The van der Waals surface area contributed by atoms with Crippen LogP contribution in [0, 0.1) is 5.92 Å². The Morgan fingerprint density at radius 2 is 2.04 bits per heavy atom. The molecule has 6 nitrogen and oxygen atoms in total. The zero-order chi connectivity index (χ0) is 18.4. The third-order valence-corrected chi connectivity index (χ3v) is 3.77. The Balaban J connectivity index is 1.63. The van der Waals surface area contributed by atoms with Crippen molar-refractivity contribution in [2.45, 2.75) is 20.3 Å². The quantitative estimate of drug-likeness (QED) is 0.529. The van der Waals surface area contributed by atoms with Crippen molar-refractivity contribution in [3.8, 4) is 11.3 Å². The monoisotopic (exact) mass is 347 g/mol. The Hall–Kier alpha value is -3.28. The normalized spacial score (nSPS) is 11.2. The van der Waals surface area contributed by atoms with E-state index in [0.29, 0.717) is 17.3 Å². The van der Waals surface area contributed by atoms with Gasteiger partial charge in [-0.25, -0.2) is 5.43 Å². The summed E-state index contributed by atoms with van der Waals surface area (Å²) in [4.78, 5) is 16.2. The van der Waals surface area contributed by atoms with E-state index in [0.717, 1.165) is 17.7 Å². The zero-order valence-electron chi connectivity index (χ0n) is 14.8. The fourth-order valence-corrected chi connectivity index (χ4v) is 2.54. The number of hydrazone groups is 1. The van der Waals surface area contributed by atoms with Gasteiger partial charge in [-0.3, -0.25) is 14.9 Å². The SMILES string of the molecule is CC(C)Cc1ccc(-c2cc(C(=O)N/N=C\c3ccccn3)[nH]n2)cc1. The molecule has 0 aliphatic heterocycles. The number of carbonyl (C=O) groups excluding carboxylic acids is 1. The van der Waals surface area contributed by atoms with Gasteiger partial charge in [0.15, 0.2) is 0 Å². The summed E-state index contributed by atoms with van der Waals surface area (Å²) in [6.45, 7) is 4.39. The van der Waals surface area contributed by atoms with Crippen molar-refractivity contribution < 1.29 is 4.79 Å². The first-order valence-electron chi connectivity index (χ1n) is 8.51. The molecule has 1 amide bonds. The van der Waals surface area contributed by atoms with Gasteiger partial charge in [-0.15, -0.1) is 0 Å². The summed E-state index contributed by atoms with van der Waals surface area (Å²) in [5.74, 6) is 0.264. The Bertz CT molecular complexity index is 882. The first-order chi connectivity index (χ1) is 12.6. The van der Waals surface area contributed by atoms with E-state index in [1.807, 2.05) is 24.3 Å². The zero-order valence-corrected chi connectivity index (χ0v) is 14.8. The summed E-state index contributed by atoms with van der Waals surface area (Å²) < 4.78 is 0. The highest BCUT2D eigenvalue weighted by molar-refractivity contribution is 5.93. The molecular weight excluding hydrogens is 326 g/mol. The number of benzene rings is 1. The van der Waals surface area contributed by atoms with Gasteiger partial charge in [0.2, 0.25) is 0 Å². The molecule has 26 heavy (non-hydrogen) atoms. The van der Waals surface area contributed by atoms with Gasteiger partial charge in [-0.05, 0) is 36.1 Å². The maximum Gasteiger partial charge on any atom is 0.289 e. The van der Waals surface area contributed by atoms with E-state index < -0.39 is 0 Å². The second-order valence-corrected chi connectivity index (χ2v) is 6.42. The fraction of sp³-hybridized carbons (Fsp3) is 0.200. The molecule has 3 rings (SSSR count). The second kappa shape index (κ2) is 8.20. The van der Waals surface area contributed by atoms with Crippen LogP contribution >= 0.6 is 0 Å². The van der Waals surface area contributed by atoms with Gasteiger partial charge in [-0.1, -0.05) is 44.2 Å². The molecule has 2 aromatic heterocycles. The van der Waals surface area contributed by atoms with Gasteiger partial charge < -0.3 is 0 Å². The predicted molar refractivity (Wildman–Crippen MR) is 102 cm³/mol. The molecule has 1 aromatic carbocycles. The summed E-state index contributed by atoms with van der Waals surface area (Å²) in [7, 11) is 0. The molecule has 6 heteroatoms. The van der Waals surface area contributed by atoms with Crippen molar-refractivity contribution in [1.29, 1.82) is 0 Å². The van der Waals surface area contributed by atoms with Crippen molar-refractivity contribution in [2.24, 2.45) is 11.0 Å². The average molecular weight is 347 g/mol. The number of nitrogens with one attached hydrogen (secondary N) is 2. The molecule has 0 unspecified atom stereocenters. The third-order valence-electron chi connectivity index (χ3n) is 3.77. The summed E-state index contributed by atoms with van der Waals surface area (Å²) >= 11 is 0. The summed E-state index contributed by atoms with van der Waals surface area (Å²) in [5, 5.41) is 10.9. The van der Waals surface area contributed by atoms with Crippen molar-refractivity contribution in [3.63, 3.8) is 0 Å². The van der Waals surface area contributed by atoms with E-state index in [2.05, 4.69) is 51.7 Å². The lowest BCUT2D eigenvalue weighted by molar-refractivity contribution is 0.0950. The Labute approximate surface area is 152 Å². The molecule has 2 heterocycles. The second-order valence-electron chi connectivity index (χ2n) is 6.42. The minimum Gasteiger partial charge on any atom is -0.272 e. The van der Waals surface area contributed by atoms with E-state index in [9.17, 15) is 4.79 Å². The average Bonchev–Trinajstić information content (AvgIpc) is 3.13. The molecule has 0 saturated heterocycles. The smallest absolute Gasteiger partial charge is 0.272 e. The van der Waals surface area contributed by atoms with Gasteiger partial charge >= 0.3 is 0 Å². The largest absolute Gasteiger partial charge is 0.289 e. The molecule has 0 bridgehead atoms. The van der Waals surface area contributed by atoms with E-state index in [1.54, 1.807) is 18.3 Å². The third kappa shape index (κ3) is 4.63. The highest BCUT2D eigenvalue weighted by Crippen LogP contribution is 2.19. The summed E-state index contributed by atoms with van der Waals surface area (Å²) in [5.41, 5.74) is 6.46. The number of hydrogen-bond donors (Lipinski definition) is 2. The number of aromatic amines is 1. The summed E-state index contributed by atoms with van der Waals surface area (Å²) in [6.07, 6.45) is 4.20.